The third kappa shape index (κ3) is 3.30. The van der Waals surface area contributed by atoms with Crippen LogP contribution in [-0.2, 0) is 6.54 Å². The van der Waals surface area contributed by atoms with Crippen molar-refractivity contribution in [2.45, 2.75) is 12.6 Å². The Morgan fingerprint density at radius 1 is 1.26 bits per heavy atom. The van der Waals surface area contributed by atoms with Gasteiger partial charge in [-0.25, -0.2) is 0 Å². The molecule has 1 aromatic carbocycles. The fraction of sp³-hybridized carbons (Fsp3) is 0.200. The summed E-state index contributed by atoms with van der Waals surface area (Å²) in [4.78, 5) is 3.97. The Kier molecular flexibility index (Phi) is 4.49. The highest BCUT2D eigenvalue weighted by atomic mass is 16.5. The van der Waals surface area contributed by atoms with Gasteiger partial charge >= 0.3 is 0 Å². The van der Waals surface area contributed by atoms with Crippen molar-refractivity contribution in [1.82, 2.24) is 10.3 Å². The van der Waals surface area contributed by atoms with Crippen LogP contribution in [0.1, 0.15) is 17.2 Å². The van der Waals surface area contributed by atoms with Crippen molar-refractivity contribution in [2.75, 3.05) is 7.11 Å². The quantitative estimate of drug-likeness (QED) is 0.889. The monoisotopic (exact) mass is 253 g/mol. The first-order valence-corrected chi connectivity index (χ1v) is 6.00. The molecule has 0 aliphatic heterocycles. The third-order valence-corrected chi connectivity index (χ3v) is 2.84. The number of nitrogens with one attached hydrogen (secondary N) is 1. The van der Waals surface area contributed by atoms with Gasteiger partial charge in [-0.05, 0) is 23.8 Å². The van der Waals surface area contributed by atoms with Crippen LogP contribution >= 0.6 is 0 Å². The minimum Gasteiger partial charge on any atom is -0.496 e. The number of rotatable bonds is 5. The number of nitrogens with zero attached hydrogens (tertiary/aromatic N) is 2. The van der Waals surface area contributed by atoms with E-state index in [1.807, 2.05) is 36.4 Å². The fourth-order valence-electron chi connectivity index (χ4n) is 1.85. The van der Waals surface area contributed by atoms with Crippen LogP contribution < -0.4 is 10.1 Å². The van der Waals surface area contributed by atoms with Gasteiger partial charge in [0, 0.05) is 24.5 Å². The third-order valence-electron chi connectivity index (χ3n) is 2.84. The maximum absolute atomic E-state index is 9.30. The molecule has 0 aliphatic carbocycles. The molecule has 0 bridgehead atoms. The van der Waals surface area contributed by atoms with Crippen LogP contribution in [0.15, 0.2) is 48.8 Å². The smallest absolute Gasteiger partial charge is 0.125 e. The summed E-state index contributed by atoms with van der Waals surface area (Å²) < 4.78 is 5.28. The van der Waals surface area contributed by atoms with Gasteiger partial charge in [0.1, 0.15) is 11.8 Å². The average molecular weight is 253 g/mol. The fourth-order valence-corrected chi connectivity index (χ4v) is 1.85. The summed E-state index contributed by atoms with van der Waals surface area (Å²) >= 11 is 0. The summed E-state index contributed by atoms with van der Waals surface area (Å²) in [6.07, 6.45) is 3.48. The Bertz CT molecular complexity index is 563. The molecular formula is C15H15N3O. The Balaban J connectivity index is 2.11. The van der Waals surface area contributed by atoms with Gasteiger partial charge in [0.25, 0.3) is 0 Å². The number of nitriles is 1. The van der Waals surface area contributed by atoms with Crippen LogP contribution in [0.4, 0.5) is 0 Å². The molecule has 0 saturated heterocycles. The zero-order valence-corrected chi connectivity index (χ0v) is 10.7. The molecule has 1 N–H and O–H groups in total. The lowest BCUT2D eigenvalue weighted by atomic mass is 10.1. The molecule has 4 heteroatoms. The molecular weight excluding hydrogens is 238 g/mol. The van der Waals surface area contributed by atoms with Crippen LogP contribution in [0, 0.1) is 11.3 Å². The van der Waals surface area contributed by atoms with Crippen LogP contribution in [-0.4, -0.2) is 12.1 Å². The predicted molar refractivity (Wildman–Crippen MR) is 72.4 cm³/mol. The summed E-state index contributed by atoms with van der Waals surface area (Å²) in [6.45, 7) is 0.610. The molecule has 0 spiro atoms. The van der Waals surface area contributed by atoms with Crippen LogP contribution in [0.5, 0.6) is 5.75 Å². The summed E-state index contributed by atoms with van der Waals surface area (Å²) in [5, 5.41) is 12.5. The van der Waals surface area contributed by atoms with Crippen molar-refractivity contribution in [2.24, 2.45) is 0 Å². The number of methoxy groups -OCH3 is 1. The molecule has 96 valence electrons. The molecule has 1 unspecified atom stereocenters. The lowest BCUT2D eigenvalue weighted by Gasteiger charge is -2.15. The van der Waals surface area contributed by atoms with Gasteiger partial charge in [-0.1, -0.05) is 18.2 Å². The largest absolute Gasteiger partial charge is 0.496 e. The Morgan fingerprint density at radius 3 is 2.68 bits per heavy atom. The van der Waals surface area contributed by atoms with Crippen molar-refractivity contribution in [3.8, 4) is 11.8 Å². The van der Waals surface area contributed by atoms with Gasteiger partial charge in [0.2, 0.25) is 0 Å². The molecule has 4 nitrogen and oxygen atoms in total. The Morgan fingerprint density at radius 2 is 2.00 bits per heavy atom. The van der Waals surface area contributed by atoms with Crippen molar-refractivity contribution in [3.05, 3.63) is 59.9 Å². The van der Waals surface area contributed by atoms with Gasteiger partial charge in [0.05, 0.1) is 13.2 Å². The predicted octanol–water partition coefficient (Wildman–Crippen LogP) is 2.44. The maximum atomic E-state index is 9.30. The summed E-state index contributed by atoms with van der Waals surface area (Å²) in [7, 11) is 1.61. The number of hydrogen-bond acceptors (Lipinski definition) is 4. The van der Waals surface area contributed by atoms with Crippen LogP contribution in [0.3, 0.4) is 0 Å². The van der Waals surface area contributed by atoms with Gasteiger partial charge in [-0.15, -0.1) is 0 Å². The van der Waals surface area contributed by atoms with Crippen LogP contribution in [0.2, 0.25) is 0 Å². The normalized spacial score (nSPS) is 11.6. The number of pyridine rings is 1. The second kappa shape index (κ2) is 6.53. The average Bonchev–Trinajstić information content (AvgIpc) is 2.49. The van der Waals surface area contributed by atoms with Gasteiger partial charge in [0.15, 0.2) is 0 Å². The molecule has 1 atom stereocenters. The highest BCUT2D eigenvalue weighted by Gasteiger charge is 2.14. The zero-order valence-electron chi connectivity index (χ0n) is 10.7. The van der Waals surface area contributed by atoms with Crippen molar-refractivity contribution < 1.29 is 4.74 Å². The lowest BCUT2D eigenvalue weighted by Crippen LogP contribution is -2.20. The number of para-hydroxylation sites is 1. The van der Waals surface area contributed by atoms with E-state index in [1.165, 1.54) is 0 Å². The van der Waals surface area contributed by atoms with Crippen LogP contribution in [0.25, 0.3) is 0 Å². The first-order valence-electron chi connectivity index (χ1n) is 6.00. The van der Waals surface area contributed by atoms with E-state index in [2.05, 4.69) is 16.4 Å². The summed E-state index contributed by atoms with van der Waals surface area (Å²) in [5.74, 6) is 0.719. The SMILES string of the molecule is COc1ccccc1C(C#N)NCc1ccncc1. The second-order valence-electron chi connectivity index (χ2n) is 4.04. The number of benzene rings is 1. The molecule has 0 amide bonds. The van der Waals surface area contributed by atoms with Gasteiger partial charge in [-0.2, -0.15) is 5.26 Å². The summed E-state index contributed by atoms with van der Waals surface area (Å²) in [5.41, 5.74) is 1.94. The molecule has 0 saturated carbocycles. The van der Waals surface area contributed by atoms with E-state index in [0.717, 1.165) is 16.9 Å². The van der Waals surface area contributed by atoms with Crippen molar-refractivity contribution in [3.63, 3.8) is 0 Å². The van der Waals surface area contributed by atoms with E-state index in [1.54, 1.807) is 19.5 Å². The van der Waals surface area contributed by atoms with Gasteiger partial charge < -0.3 is 4.74 Å². The number of aromatic nitrogens is 1. The molecule has 2 rings (SSSR count). The topological polar surface area (TPSA) is 57.9 Å². The maximum Gasteiger partial charge on any atom is 0.125 e. The second-order valence-corrected chi connectivity index (χ2v) is 4.04. The summed E-state index contributed by atoms with van der Waals surface area (Å²) in [6, 6.07) is 13.2. The Hall–Kier alpha value is -2.38. The van der Waals surface area contributed by atoms with Crippen molar-refractivity contribution in [1.29, 1.82) is 5.26 Å². The first kappa shape index (κ1) is 13.1. The minimum absolute atomic E-state index is 0.399. The zero-order chi connectivity index (χ0) is 13.5. The van der Waals surface area contributed by atoms with Gasteiger partial charge in [-0.3, -0.25) is 10.3 Å². The van der Waals surface area contributed by atoms with Crippen molar-refractivity contribution >= 4 is 0 Å². The van der Waals surface area contributed by atoms with E-state index in [9.17, 15) is 5.26 Å². The highest BCUT2D eigenvalue weighted by molar-refractivity contribution is 5.38. The van der Waals surface area contributed by atoms with E-state index < -0.39 is 6.04 Å². The number of hydrogen-bond donors (Lipinski definition) is 1. The Labute approximate surface area is 112 Å². The molecule has 0 radical (unpaired) electrons. The van der Waals surface area contributed by atoms with E-state index in [0.29, 0.717) is 6.54 Å². The molecule has 0 fully saturated rings. The first-order chi connectivity index (χ1) is 9.35. The van der Waals surface area contributed by atoms with E-state index in [-0.39, 0.29) is 0 Å². The lowest BCUT2D eigenvalue weighted by molar-refractivity contribution is 0.405. The standard InChI is InChI=1S/C15H15N3O/c1-19-15-5-3-2-4-13(15)14(10-16)18-11-12-6-8-17-9-7-12/h2-9,14,18H,11H2,1H3. The highest BCUT2D eigenvalue weighted by Crippen LogP contribution is 2.24. The minimum atomic E-state index is -0.399. The molecule has 2 aromatic rings. The molecule has 19 heavy (non-hydrogen) atoms. The molecule has 1 aromatic heterocycles. The van der Waals surface area contributed by atoms with E-state index in [4.69, 9.17) is 4.74 Å². The number of ether oxygens (including phenoxy) is 1. The van der Waals surface area contributed by atoms with E-state index >= 15 is 0 Å². The molecule has 1 heterocycles. The molecule has 0 aliphatic rings.